The van der Waals surface area contributed by atoms with Gasteiger partial charge in [0.15, 0.2) is 11.5 Å². The van der Waals surface area contributed by atoms with Gasteiger partial charge in [-0.05, 0) is 42.0 Å². The minimum Gasteiger partial charge on any atom is -0.486 e. The lowest BCUT2D eigenvalue weighted by Gasteiger charge is -2.36. The molecule has 0 bridgehead atoms. The summed E-state index contributed by atoms with van der Waals surface area (Å²) < 4.78 is 17.4. The molecule has 1 unspecified atom stereocenters. The third-order valence-corrected chi connectivity index (χ3v) is 6.92. The molecule has 2 fully saturated rings. The number of benzene rings is 2. The van der Waals surface area contributed by atoms with Crippen LogP contribution in [0, 0.1) is 5.92 Å². The summed E-state index contributed by atoms with van der Waals surface area (Å²) in [5, 5.41) is 0. The first-order valence-corrected chi connectivity index (χ1v) is 12.3. The molecular weight excluding hydrogens is 416 g/mol. The Kier molecular flexibility index (Phi) is 7.12. The maximum absolute atomic E-state index is 13.7. The Labute approximate surface area is 196 Å². The molecule has 2 aliphatic heterocycles. The fraction of sp³-hybridized carbons (Fsp3) is 0.519. The van der Waals surface area contributed by atoms with E-state index in [0.717, 1.165) is 36.7 Å². The van der Waals surface area contributed by atoms with Crippen molar-refractivity contribution in [3.63, 3.8) is 0 Å². The van der Waals surface area contributed by atoms with E-state index in [1.54, 1.807) is 0 Å². The van der Waals surface area contributed by atoms with Crippen LogP contribution < -0.4 is 9.47 Å². The van der Waals surface area contributed by atoms with E-state index in [-0.39, 0.29) is 5.91 Å². The number of carbonyl (C=O) groups excluding carboxylic acids is 1. The molecule has 0 N–H and O–H groups in total. The van der Waals surface area contributed by atoms with Gasteiger partial charge in [-0.1, -0.05) is 49.2 Å². The van der Waals surface area contributed by atoms with Crippen molar-refractivity contribution in [1.29, 1.82) is 0 Å². The summed E-state index contributed by atoms with van der Waals surface area (Å²) in [6.45, 7) is 5.44. The van der Waals surface area contributed by atoms with Gasteiger partial charge in [0.25, 0.3) is 5.91 Å². The first kappa shape index (κ1) is 22.2. The van der Waals surface area contributed by atoms with Crippen molar-refractivity contribution in [3.05, 3.63) is 59.7 Å². The number of morpholine rings is 1. The molecule has 176 valence electrons. The van der Waals surface area contributed by atoms with Crippen LogP contribution in [0.3, 0.4) is 0 Å². The molecule has 1 atom stereocenters. The Bertz CT molecular complexity index is 929. The Morgan fingerprint density at radius 3 is 2.55 bits per heavy atom. The van der Waals surface area contributed by atoms with Gasteiger partial charge in [0.1, 0.15) is 19.3 Å². The zero-order valence-corrected chi connectivity index (χ0v) is 19.3. The van der Waals surface area contributed by atoms with E-state index >= 15 is 0 Å². The Hall–Kier alpha value is -2.57. The molecule has 0 radical (unpaired) electrons. The molecular formula is C27H34N2O4. The average Bonchev–Trinajstić information content (AvgIpc) is 3.37. The van der Waals surface area contributed by atoms with Crippen molar-refractivity contribution in [2.45, 2.75) is 44.9 Å². The molecule has 0 spiro atoms. The first-order chi connectivity index (χ1) is 16.2. The third-order valence-electron chi connectivity index (χ3n) is 6.92. The standard InChI is InChI=1S/C27H34N2O4/c30-27(26-20-28(12-13-31-26)17-21-6-2-1-3-7-21)29(18-22-8-4-5-9-22)19-23-10-11-24-25(16-23)33-15-14-32-24/h1-3,6-7,10-11,16,22,26H,4-5,8-9,12-15,17-20H2. The van der Waals surface area contributed by atoms with Crippen LogP contribution in [0.1, 0.15) is 36.8 Å². The molecule has 6 heteroatoms. The first-order valence-electron chi connectivity index (χ1n) is 12.3. The second-order valence-corrected chi connectivity index (χ2v) is 9.43. The molecule has 0 aromatic heterocycles. The van der Waals surface area contributed by atoms with Crippen LogP contribution in [0.5, 0.6) is 11.5 Å². The van der Waals surface area contributed by atoms with E-state index in [1.807, 2.05) is 29.2 Å². The second-order valence-electron chi connectivity index (χ2n) is 9.43. The van der Waals surface area contributed by atoms with E-state index in [4.69, 9.17) is 14.2 Å². The summed E-state index contributed by atoms with van der Waals surface area (Å²) in [5.41, 5.74) is 2.34. The maximum atomic E-state index is 13.7. The normalized spacial score (nSPS) is 21.2. The molecule has 2 heterocycles. The highest BCUT2D eigenvalue weighted by Crippen LogP contribution is 2.32. The molecule has 5 rings (SSSR count). The number of nitrogens with zero attached hydrogens (tertiary/aromatic N) is 2. The van der Waals surface area contributed by atoms with Gasteiger partial charge in [-0.2, -0.15) is 0 Å². The van der Waals surface area contributed by atoms with Crippen LogP contribution in [0.2, 0.25) is 0 Å². The van der Waals surface area contributed by atoms with Crippen molar-refractivity contribution in [2.75, 3.05) is 39.5 Å². The topological polar surface area (TPSA) is 51.2 Å². The van der Waals surface area contributed by atoms with E-state index in [0.29, 0.717) is 38.8 Å². The Morgan fingerprint density at radius 1 is 0.939 bits per heavy atom. The largest absolute Gasteiger partial charge is 0.486 e. The Morgan fingerprint density at radius 2 is 1.73 bits per heavy atom. The van der Waals surface area contributed by atoms with Crippen molar-refractivity contribution in [2.24, 2.45) is 5.92 Å². The van der Waals surface area contributed by atoms with E-state index in [9.17, 15) is 4.79 Å². The molecule has 6 nitrogen and oxygen atoms in total. The zero-order chi connectivity index (χ0) is 22.5. The van der Waals surface area contributed by atoms with Crippen LogP contribution in [0.25, 0.3) is 0 Å². The SMILES string of the molecule is O=C(C1CN(Cc2ccccc2)CCO1)N(Cc1ccc2c(c1)OCCO2)CC1CCCC1. The van der Waals surface area contributed by atoms with Crippen LogP contribution >= 0.6 is 0 Å². The lowest BCUT2D eigenvalue weighted by atomic mass is 10.1. The van der Waals surface area contributed by atoms with Gasteiger partial charge in [-0.25, -0.2) is 0 Å². The van der Waals surface area contributed by atoms with E-state index in [1.165, 1.54) is 31.2 Å². The number of ether oxygens (including phenoxy) is 3. The summed E-state index contributed by atoms with van der Waals surface area (Å²) in [6.07, 6.45) is 4.52. The van der Waals surface area contributed by atoms with Gasteiger partial charge in [-0.3, -0.25) is 9.69 Å². The van der Waals surface area contributed by atoms with Gasteiger partial charge in [0.2, 0.25) is 0 Å². The van der Waals surface area contributed by atoms with Crippen molar-refractivity contribution >= 4 is 5.91 Å². The third kappa shape index (κ3) is 5.68. The summed E-state index contributed by atoms with van der Waals surface area (Å²) in [7, 11) is 0. The van der Waals surface area contributed by atoms with Gasteiger partial charge in [-0.15, -0.1) is 0 Å². The lowest BCUT2D eigenvalue weighted by Crippen LogP contribution is -2.51. The van der Waals surface area contributed by atoms with Crippen molar-refractivity contribution in [3.8, 4) is 11.5 Å². The smallest absolute Gasteiger partial charge is 0.253 e. The predicted octanol–water partition coefficient (Wildman–Crippen LogP) is 3.88. The fourth-order valence-electron chi connectivity index (χ4n) is 5.18. The minimum atomic E-state index is -0.416. The second kappa shape index (κ2) is 10.6. The van der Waals surface area contributed by atoms with Crippen molar-refractivity contribution in [1.82, 2.24) is 9.80 Å². The number of hydrogen-bond donors (Lipinski definition) is 0. The average molecular weight is 451 g/mol. The van der Waals surface area contributed by atoms with Crippen LogP contribution in [0.4, 0.5) is 0 Å². The molecule has 1 saturated carbocycles. The van der Waals surface area contributed by atoms with E-state index in [2.05, 4.69) is 29.2 Å². The maximum Gasteiger partial charge on any atom is 0.253 e. The van der Waals surface area contributed by atoms with Crippen LogP contribution in [0.15, 0.2) is 48.5 Å². The minimum absolute atomic E-state index is 0.106. The highest BCUT2D eigenvalue weighted by atomic mass is 16.6. The van der Waals surface area contributed by atoms with Crippen LogP contribution in [-0.2, 0) is 22.6 Å². The molecule has 2 aromatic rings. The van der Waals surface area contributed by atoms with Gasteiger partial charge in [0, 0.05) is 32.7 Å². The number of hydrogen-bond acceptors (Lipinski definition) is 5. The number of carbonyl (C=O) groups is 1. The number of fused-ring (bicyclic) bond motifs is 1. The van der Waals surface area contributed by atoms with Crippen molar-refractivity contribution < 1.29 is 19.0 Å². The summed E-state index contributed by atoms with van der Waals surface area (Å²) in [5.74, 6) is 2.24. The number of amides is 1. The van der Waals surface area contributed by atoms with Crippen LogP contribution in [-0.4, -0.2) is 61.3 Å². The van der Waals surface area contributed by atoms with Gasteiger partial charge < -0.3 is 19.1 Å². The monoisotopic (exact) mass is 450 g/mol. The molecule has 1 aliphatic carbocycles. The van der Waals surface area contributed by atoms with Gasteiger partial charge in [0.05, 0.1) is 6.61 Å². The Balaban J connectivity index is 1.28. The van der Waals surface area contributed by atoms with E-state index < -0.39 is 6.10 Å². The zero-order valence-electron chi connectivity index (χ0n) is 19.3. The van der Waals surface area contributed by atoms with Gasteiger partial charge >= 0.3 is 0 Å². The summed E-state index contributed by atoms with van der Waals surface area (Å²) in [4.78, 5) is 18.1. The molecule has 3 aliphatic rings. The number of rotatable bonds is 7. The highest BCUT2D eigenvalue weighted by molar-refractivity contribution is 5.81. The fourth-order valence-corrected chi connectivity index (χ4v) is 5.18. The molecule has 33 heavy (non-hydrogen) atoms. The molecule has 2 aromatic carbocycles. The molecule has 1 amide bonds. The summed E-state index contributed by atoms with van der Waals surface area (Å²) >= 11 is 0. The summed E-state index contributed by atoms with van der Waals surface area (Å²) in [6, 6.07) is 16.5. The quantitative estimate of drug-likeness (QED) is 0.641. The molecule has 1 saturated heterocycles. The highest BCUT2D eigenvalue weighted by Gasteiger charge is 2.32. The lowest BCUT2D eigenvalue weighted by molar-refractivity contribution is -0.151. The predicted molar refractivity (Wildman–Crippen MR) is 126 cm³/mol.